The van der Waals surface area contributed by atoms with Crippen molar-refractivity contribution in [2.24, 2.45) is 17.8 Å². The lowest BCUT2D eigenvalue weighted by atomic mass is 9.53. The monoisotopic (exact) mass is 275 g/mol. The molecular formula is C15H21N3O2. The Hall–Kier alpha value is -1.39. The van der Waals surface area contributed by atoms with Gasteiger partial charge in [-0.05, 0) is 56.3 Å². The van der Waals surface area contributed by atoms with Gasteiger partial charge >= 0.3 is 5.97 Å². The fraction of sp³-hybridized carbons (Fsp3) is 0.800. The zero-order valence-electron chi connectivity index (χ0n) is 11.9. The number of hydrogen-bond donors (Lipinski definition) is 1. The summed E-state index contributed by atoms with van der Waals surface area (Å²) in [5.74, 6) is 2.28. The van der Waals surface area contributed by atoms with Crippen molar-refractivity contribution >= 4 is 5.97 Å². The zero-order valence-corrected chi connectivity index (χ0v) is 11.9. The van der Waals surface area contributed by atoms with Gasteiger partial charge in [-0.3, -0.25) is 0 Å². The third-order valence-electron chi connectivity index (χ3n) is 5.64. The Morgan fingerprint density at radius 1 is 1.25 bits per heavy atom. The molecule has 4 fully saturated rings. The minimum absolute atomic E-state index is 0.0300. The number of hydrogen-bond acceptors (Lipinski definition) is 3. The highest BCUT2D eigenvalue weighted by Gasteiger charge is 2.53. The third-order valence-corrected chi connectivity index (χ3v) is 5.64. The van der Waals surface area contributed by atoms with Crippen LogP contribution in [0.1, 0.15) is 61.9 Å². The molecule has 0 aliphatic heterocycles. The number of rotatable bonds is 3. The minimum atomic E-state index is -1.01. The Balaban J connectivity index is 1.78. The van der Waals surface area contributed by atoms with E-state index in [0.29, 0.717) is 0 Å². The Bertz CT molecular complexity index is 528. The van der Waals surface area contributed by atoms with Crippen LogP contribution in [-0.4, -0.2) is 25.8 Å². The lowest BCUT2D eigenvalue weighted by Crippen LogP contribution is -2.52. The molecule has 1 heterocycles. The van der Waals surface area contributed by atoms with Gasteiger partial charge in [0.15, 0.2) is 0 Å². The summed E-state index contributed by atoms with van der Waals surface area (Å²) < 4.78 is 2.01. The summed E-state index contributed by atoms with van der Waals surface area (Å²) in [6.45, 7) is 2.03. The van der Waals surface area contributed by atoms with Gasteiger partial charge in [-0.15, -0.1) is 5.10 Å². The Labute approximate surface area is 118 Å². The summed E-state index contributed by atoms with van der Waals surface area (Å²) >= 11 is 0. The molecule has 4 bridgehead atoms. The summed E-state index contributed by atoms with van der Waals surface area (Å²) in [6.07, 6.45) is 8.41. The van der Waals surface area contributed by atoms with Crippen LogP contribution in [0.2, 0.25) is 0 Å². The molecule has 0 atom stereocenters. The molecule has 5 rings (SSSR count). The number of carboxylic acids is 1. The van der Waals surface area contributed by atoms with E-state index in [9.17, 15) is 4.79 Å². The highest BCUT2D eigenvalue weighted by atomic mass is 16.4. The average molecular weight is 275 g/mol. The van der Waals surface area contributed by atoms with Gasteiger partial charge in [-0.1, -0.05) is 6.92 Å². The van der Waals surface area contributed by atoms with E-state index in [1.807, 2.05) is 11.6 Å². The molecule has 4 saturated carbocycles. The summed E-state index contributed by atoms with van der Waals surface area (Å²) in [5.41, 5.74) is 0.0702. The van der Waals surface area contributed by atoms with Gasteiger partial charge in [0.25, 0.3) is 5.82 Å². The molecule has 0 amide bonds. The van der Waals surface area contributed by atoms with Crippen LogP contribution in [0.25, 0.3) is 0 Å². The smallest absolute Gasteiger partial charge is 0.375 e. The topological polar surface area (TPSA) is 68.0 Å². The fourth-order valence-electron chi connectivity index (χ4n) is 5.37. The van der Waals surface area contributed by atoms with E-state index in [4.69, 9.17) is 5.11 Å². The molecule has 20 heavy (non-hydrogen) atoms. The van der Waals surface area contributed by atoms with Gasteiger partial charge in [0.2, 0.25) is 0 Å². The van der Waals surface area contributed by atoms with E-state index in [2.05, 4.69) is 10.1 Å². The van der Waals surface area contributed by atoms with Crippen LogP contribution in [0.3, 0.4) is 0 Å². The first-order valence-electron chi connectivity index (χ1n) is 7.79. The molecule has 4 aliphatic carbocycles. The molecule has 0 spiro atoms. The molecule has 108 valence electrons. The molecule has 1 N–H and O–H groups in total. The van der Waals surface area contributed by atoms with Crippen molar-refractivity contribution in [1.82, 2.24) is 14.8 Å². The molecule has 1 aromatic heterocycles. The molecule has 4 aliphatic rings. The first-order valence-corrected chi connectivity index (χ1v) is 7.79. The van der Waals surface area contributed by atoms with Gasteiger partial charge in [-0.2, -0.15) is 0 Å². The first kappa shape index (κ1) is 12.4. The van der Waals surface area contributed by atoms with Crippen LogP contribution >= 0.6 is 0 Å². The van der Waals surface area contributed by atoms with E-state index in [-0.39, 0.29) is 11.4 Å². The van der Waals surface area contributed by atoms with Gasteiger partial charge in [0, 0.05) is 6.42 Å². The number of carboxylic acid groups (broad SMARTS) is 1. The Morgan fingerprint density at radius 2 is 1.80 bits per heavy atom. The zero-order chi connectivity index (χ0) is 13.9. The van der Waals surface area contributed by atoms with Gasteiger partial charge in [-0.25, -0.2) is 14.5 Å². The van der Waals surface area contributed by atoms with E-state index in [0.717, 1.165) is 30.0 Å². The number of carbonyl (C=O) groups is 1. The van der Waals surface area contributed by atoms with E-state index >= 15 is 0 Å². The maximum atomic E-state index is 11.2. The summed E-state index contributed by atoms with van der Waals surface area (Å²) in [7, 11) is 0. The molecule has 5 nitrogen and oxygen atoms in total. The predicted octanol–water partition coefficient (Wildman–Crippen LogP) is 2.46. The predicted molar refractivity (Wildman–Crippen MR) is 72.5 cm³/mol. The van der Waals surface area contributed by atoms with Gasteiger partial charge in [0.1, 0.15) is 5.82 Å². The highest BCUT2D eigenvalue weighted by Crippen LogP contribution is 2.58. The first-order chi connectivity index (χ1) is 9.59. The van der Waals surface area contributed by atoms with Crippen molar-refractivity contribution in [2.45, 2.75) is 57.4 Å². The van der Waals surface area contributed by atoms with Crippen LogP contribution in [0, 0.1) is 17.8 Å². The standard InChI is InChI=1S/C15H21N3O2/c1-2-12-16-13(14(19)20)17-18(12)15-6-9-3-10(7-15)5-11(4-9)8-15/h9-11H,2-8H2,1H3,(H,19,20). The molecule has 0 radical (unpaired) electrons. The van der Waals surface area contributed by atoms with Crippen LogP contribution in [0.15, 0.2) is 0 Å². The largest absolute Gasteiger partial charge is 0.475 e. The Kier molecular flexibility index (Phi) is 2.51. The van der Waals surface area contributed by atoms with Crippen molar-refractivity contribution in [2.75, 3.05) is 0 Å². The van der Waals surface area contributed by atoms with Crippen molar-refractivity contribution in [3.63, 3.8) is 0 Å². The second-order valence-corrected chi connectivity index (χ2v) is 7.06. The molecule has 5 heteroatoms. The molecular weight excluding hydrogens is 254 g/mol. The number of aryl methyl sites for hydroxylation is 1. The van der Waals surface area contributed by atoms with Crippen LogP contribution in [0.5, 0.6) is 0 Å². The maximum absolute atomic E-state index is 11.2. The second kappa shape index (κ2) is 4.06. The number of nitrogens with zero attached hydrogens (tertiary/aromatic N) is 3. The van der Waals surface area contributed by atoms with Gasteiger partial charge in [0.05, 0.1) is 5.54 Å². The van der Waals surface area contributed by atoms with Crippen molar-refractivity contribution in [1.29, 1.82) is 0 Å². The van der Waals surface area contributed by atoms with E-state index < -0.39 is 5.97 Å². The molecule has 1 aromatic rings. The average Bonchev–Trinajstić information content (AvgIpc) is 2.82. The SMILES string of the molecule is CCc1nc(C(=O)O)nn1C12CC3CC(CC(C3)C1)C2. The van der Waals surface area contributed by atoms with Gasteiger partial charge < -0.3 is 5.11 Å². The van der Waals surface area contributed by atoms with Crippen molar-refractivity contribution in [3.8, 4) is 0 Å². The highest BCUT2D eigenvalue weighted by molar-refractivity contribution is 5.82. The number of aromatic carboxylic acids is 1. The quantitative estimate of drug-likeness (QED) is 0.920. The maximum Gasteiger partial charge on any atom is 0.375 e. The number of aromatic nitrogens is 3. The van der Waals surface area contributed by atoms with E-state index in [1.54, 1.807) is 0 Å². The lowest BCUT2D eigenvalue weighted by Gasteiger charge is -2.56. The fourth-order valence-corrected chi connectivity index (χ4v) is 5.37. The van der Waals surface area contributed by atoms with Crippen LogP contribution in [-0.2, 0) is 12.0 Å². The van der Waals surface area contributed by atoms with E-state index in [1.165, 1.54) is 38.5 Å². The Morgan fingerprint density at radius 3 is 2.25 bits per heavy atom. The normalized spacial score (nSPS) is 38.4. The second-order valence-electron chi connectivity index (χ2n) is 7.06. The minimum Gasteiger partial charge on any atom is -0.475 e. The van der Waals surface area contributed by atoms with Crippen molar-refractivity contribution < 1.29 is 9.90 Å². The molecule has 0 saturated heterocycles. The van der Waals surface area contributed by atoms with Crippen LogP contribution < -0.4 is 0 Å². The summed E-state index contributed by atoms with van der Waals surface area (Å²) in [5, 5.41) is 13.5. The summed E-state index contributed by atoms with van der Waals surface area (Å²) in [6, 6.07) is 0. The molecule has 0 unspecified atom stereocenters. The lowest BCUT2D eigenvalue weighted by molar-refractivity contribution is -0.0510. The molecule has 0 aromatic carbocycles. The van der Waals surface area contributed by atoms with Crippen molar-refractivity contribution in [3.05, 3.63) is 11.6 Å². The third kappa shape index (κ3) is 1.64. The summed E-state index contributed by atoms with van der Waals surface area (Å²) in [4.78, 5) is 15.4. The van der Waals surface area contributed by atoms with Crippen LogP contribution in [0.4, 0.5) is 0 Å².